The van der Waals surface area contributed by atoms with E-state index >= 15 is 0 Å². The van der Waals surface area contributed by atoms with E-state index in [0.29, 0.717) is 38.6 Å². The van der Waals surface area contributed by atoms with Gasteiger partial charge in [0.1, 0.15) is 17.5 Å². The Hall–Kier alpha value is -3.30. The van der Waals surface area contributed by atoms with Crippen LogP contribution in [0.4, 0.5) is 4.79 Å². The Morgan fingerprint density at radius 1 is 1.26 bits per heavy atom. The summed E-state index contributed by atoms with van der Waals surface area (Å²) in [5.74, 6) is 1.19. The van der Waals surface area contributed by atoms with E-state index in [0.717, 1.165) is 16.6 Å². The van der Waals surface area contributed by atoms with Gasteiger partial charge in [0.15, 0.2) is 5.82 Å². The number of rotatable bonds is 4. The summed E-state index contributed by atoms with van der Waals surface area (Å²) in [6, 6.07) is 5.56. The van der Waals surface area contributed by atoms with Gasteiger partial charge in [0.05, 0.1) is 40.0 Å². The van der Waals surface area contributed by atoms with Gasteiger partial charge in [-0.25, -0.2) is 9.78 Å². The fourth-order valence-electron chi connectivity index (χ4n) is 3.70. The number of aromatic amines is 2. The summed E-state index contributed by atoms with van der Waals surface area (Å²) in [5, 5.41) is 18.2. The molecule has 0 fully saturated rings. The smallest absolute Gasteiger partial charge is 0.408 e. The third-order valence-corrected chi connectivity index (χ3v) is 5.80. The Morgan fingerprint density at radius 3 is 2.74 bits per heavy atom. The number of aromatic nitrogens is 5. The molecule has 0 radical (unpaired) electrons. The molecule has 11 heteroatoms. The Morgan fingerprint density at radius 2 is 2.03 bits per heavy atom. The number of ether oxygens (including phenoxy) is 1. The number of carboxylic acid groups (broad SMARTS) is 1. The second-order valence-corrected chi connectivity index (χ2v) is 8.02. The number of nitrogens with zero attached hydrogens (tertiary/aromatic N) is 4. The Bertz CT molecular complexity index is 1270. The van der Waals surface area contributed by atoms with Gasteiger partial charge < -0.3 is 14.8 Å². The first kappa shape index (κ1) is 19.7. The Kier molecular flexibility index (Phi) is 4.71. The molecule has 1 atom stereocenters. The zero-order chi connectivity index (χ0) is 21.7. The highest BCUT2D eigenvalue weighted by atomic mass is 35.5. The standard InChI is InChI=1S/C20H16Cl2N6O3/c1-9(17-12(21)5-23-6-13(17)22)31-10-2-3-14-11(4-10)18(27-26-14)19-24-15-7-28(20(29)30)8-16(15)25-19/h2-6,9H,7-8H2,1H3,(H,24,25)(H,26,27)(H,29,30)/t9-/m1/s1. The summed E-state index contributed by atoms with van der Waals surface area (Å²) in [5.41, 5.74) is 3.59. The van der Waals surface area contributed by atoms with Crippen LogP contribution in [-0.4, -0.2) is 41.2 Å². The van der Waals surface area contributed by atoms with E-state index in [2.05, 4.69) is 25.1 Å². The van der Waals surface area contributed by atoms with Crippen LogP contribution in [0.5, 0.6) is 5.75 Å². The lowest BCUT2D eigenvalue weighted by atomic mass is 10.1. The van der Waals surface area contributed by atoms with Crippen molar-refractivity contribution < 1.29 is 14.6 Å². The van der Waals surface area contributed by atoms with Crippen molar-refractivity contribution in [2.24, 2.45) is 0 Å². The number of fused-ring (bicyclic) bond motifs is 2. The van der Waals surface area contributed by atoms with Crippen molar-refractivity contribution in [3.05, 3.63) is 57.6 Å². The molecule has 0 unspecified atom stereocenters. The minimum atomic E-state index is -0.969. The van der Waals surface area contributed by atoms with Gasteiger partial charge in [-0.3, -0.25) is 15.0 Å². The molecule has 0 saturated heterocycles. The third kappa shape index (κ3) is 3.45. The van der Waals surface area contributed by atoms with Gasteiger partial charge in [-0.1, -0.05) is 23.2 Å². The normalized spacial score (nSPS) is 14.1. The van der Waals surface area contributed by atoms with Gasteiger partial charge in [-0.15, -0.1) is 0 Å². The molecule has 3 aromatic heterocycles. The Labute approximate surface area is 186 Å². The van der Waals surface area contributed by atoms with Gasteiger partial charge >= 0.3 is 6.09 Å². The van der Waals surface area contributed by atoms with Crippen molar-refractivity contribution in [3.63, 3.8) is 0 Å². The Balaban J connectivity index is 1.45. The zero-order valence-electron chi connectivity index (χ0n) is 16.2. The molecule has 0 saturated carbocycles. The zero-order valence-corrected chi connectivity index (χ0v) is 17.7. The first-order chi connectivity index (χ1) is 14.9. The lowest BCUT2D eigenvalue weighted by molar-refractivity contribution is 0.144. The molecule has 1 aliphatic rings. The lowest BCUT2D eigenvalue weighted by Gasteiger charge is -2.17. The molecule has 5 rings (SSSR count). The van der Waals surface area contributed by atoms with Crippen LogP contribution in [0.1, 0.15) is 30.0 Å². The lowest BCUT2D eigenvalue weighted by Crippen LogP contribution is -2.23. The molecular weight excluding hydrogens is 443 g/mol. The molecule has 4 heterocycles. The molecule has 4 aromatic rings. The molecule has 0 aliphatic carbocycles. The van der Waals surface area contributed by atoms with Crippen LogP contribution in [0.25, 0.3) is 22.4 Å². The molecular formula is C20H16Cl2N6O3. The first-order valence-corrected chi connectivity index (χ1v) is 10.2. The molecule has 1 amide bonds. The maximum atomic E-state index is 11.2. The summed E-state index contributed by atoms with van der Waals surface area (Å²) in [7, 11) is 0. The van der Waals surface area contributed by atoms with Crippen LogP contribution < -0.4 is 4.74 Å². The van der Waals surface area contributed by atoms with Crippen LogP contribution in [0.2, 0.25) is 10.0 Å². The fourth-order valence-corrected chi connectivity index (χ4v) is 4.37. The second-order valence-electron chi connectivity index (χ2n) is 7.21. The van der Waals surface area contributed by atoms with E-state index in [9.17, 15) is 4.79 Å². The molecule has 158 valence electrons. The van der Waals surface area contributed by atoms with Crippen molar-refractivity contribution in [1.29, 1.82) is 0 Å². The van der Waals surface area contributed by atoms with E-state index in [1.165, 1.54) is 17.3 Å². The van der Waals surface area contributed by atoms with Crippen LogP contribution >= 0.6 is 23.2 Å². The van der Waals surface area contributed by atoms with E-state index in [1.807, 2.05) is 25.1 Å². The van der Waals surface area contributed by atoms with Crippen LogP contribution in [0.3, 0.4) is 0 Å². The van der Waals surface area contributed by atoms with Crippen LogP contribution in [0, 0.1) is 0 Å². The quantitative estimate of drug-likeness (QED) is 0.404. The summed E-state index contributed by atoms with van der Waals surface area (Å²) < 4.78 is 6.09. The van der Waals surface area contributed by atoms with Crippen molar-refractivity contribution in [2.75, 3.05) is 0 Å². The molecule has 0 bridgehead atoms. The fraction of sp³-hybridized carbons (Fsp3) is 0.200. The van der Waals surface area contributed by atoms with Crippen molar-refractivity contribution >= 4 is 40.2 Å². The van der Waals surface area contributed by atoms with E-state index in [1.54, 1.807) is 0 Å². The number of hydrogen-bond donors (Lipinski definition) is 3. The van der Waals surface area contributed by atoms with Gasteiger partial charge in [0.2, 0.25) is 0 Å². The summed E-state index contributed by atoms with van der Waals surface area (Å²) in [6.45, 7) is 2.39. The van der Waals surface area contributed by atoms with Gasteiger partial charge in [-0.2, -0.15) is 5.10 Å². The molecule has 3 N–H and O–H groups in total. The van der Waals surface area contributed by atoms with Crippen LogP contribution in [-0.2, 0) is 13.1 Å². The monoisotopic (exact) mass is 458 g/mol. The predicted octanol–water partition coefficient (Wildman–Crippen LogP) is 4.79. The minimum Gasteiger partial charge on any atom is -0.486 e. The average Bonchev–Trinajstić information content (AvgIpc) is 3.40. The summed E-state index contributed by atoms with van der Waals surface area (Å²) in [6.07, 6.45) is 1.69. The molecule has 1 aromatic carbocycles. The van der Waals surface area contributed by atoms with E-state index in [-0.39, 0.29) is 13.1 Å². The number of hydrogen-bond acceptors (Lipinski definition) is 5. The number of nitrogens with one attached hydrogen (secondary N) is 2. The van der Waals surface area contributed by atoms with Crippen molar-refractivity contribution in [2.45, 2.75) is 26.1 Å². The highest BCUT2D eigenvalue weighted by Crippen LogP contribution is 2.35. The van der Waals surface area contributed by atoms with E-state index in [4.69, 9.17) is 33.0 Å². The number of H-pyrrole nitrogens is 2. The third-order valence-electron chi connectivity index (χ3n) is 5.19. The molecule has 0 spiro atoms. The minimum absolute atomic E-state index is 0.253. The molecule has 31 heavy (non-hydrogen) atoms. The first-order valence-electron chi connectivity index (χ1n) is 9.40. The summed E-state index contributed by atoms with van der Waals surface area (Å²) >= 11 is 12.5. The number of halogens is 2. The molecule has 1 aliphatic heterocycles. The highest BCUT2D eigenvalue weighted by molar-refractivity contribution is 6.35. The topological polar surface area (TPSA) is 120 Å². The number of benzene rings is 1. The van der Waals surface area contributed by atoms with Crippen LogP contribution in [0.15, 0.2) is 30.6 Å². The number of amides is 1. The van der Waals surface area contributed by atoms with Gasteiger partial charge in [0.25, 0.3) is 0 Å². The van der Waals surface area contributed by atoms with Gasteiger partial charge in [0, 0.05) is 23.3 Å². The number of carbonyl (C=O) groups is 1. The largest absolute Gasteiger partial charge is 0.486 e. The second kappa shape index (κ2) is 7.44. The average molecular weight is 459 g/mol. The SMILES string of the molecule is C[C@@H](Oc1ccc2[nH]nc(-c3nc4c([nH]3)CN(C(=O)O)C4)c2c1)c1c(Cl)cncc1Cl. The maximum Gasteiger partial charge on any atom is 0.408 e. The number of pyridine rings is 1. The van der Waals surface area contributed by atoms with Crippen molar-refractivity contribution in [3.8, 4) is 17.3 Å². The summed E-state index contributed by atoms with van der Waals surface area (Å²) in [4.78, 5) is 24.2. The maximum absolute atomic E-state index is 11.2. The highest BCUT2D eigenvalue weighted by Gasteiger charge is 2.27. The van der Waals surface area contributed by atoms with Gasteiger partial charge in [-0.05, 0) is 25.1 Å². The number of imidazole rings is 1. The van der Waals surface area contributed by atoms with E-state index < -0.39 is 12.2 Å². The predicted molar refractivity (Wildman–Crippen MR) is 114 cm³/mol. The molecule has 9 nitrogen and oxygen atoms in total. The van der Waals surface area contributed by atoms with Crippen molar-refractivity contribution in [1.82, 2.24) is 30.0 Å².